The molecule has 0 spiro atoms. The molecule has 0 aliphatic carbocycles. The molecule has 0 unspecified atom stereocenters. The van der Waals surface area contributed by atoms with Gasteiger partial charge in [-0.1, -0.05) is 0 Å². The van der Waals surface area contributed by atoms with E-state index in [-0.39, 0.29) is 0 Å². The minimum absolute atomic E-state index is 0.360. The molecule has 1 aliphatic heterocycles. The highest BCUT2D eigenvalue weighted by Crippen LogP contribution is 2.27. The van der Waals surface area contributed by atoms with Gasteiger partial charge in [-0.2, -0.15) is 10.2 Å². The van der Waals surface area contributed by atoms with Gasteiger partial charge in [0, 0.05) is 39.4 Å². The van der Waals surface area contributed by atoms with Crippen LogP contribution in [-0.2, 0) is 7.05 Å². The number of hydrogen-bond donors (Lipinski definition) is 0. The highest BCUT2D eigenvalue weighted by atomic mass is 15.3. The minimum Gasteiger partial charge on any atom is -0.354 e. The summed E-state index contributed by atoms with van der Waals surface area (Å²) in [6.45, 7) is 1.91. The molecule has 0 amide bonds. The van der Waals surface area contributed by atoms with Crippen LogP contribution >= 0.6 is 0 Å². The summed E-state index contributed by atoms with van der Waals surface area (Å²) in [4.78, 5) is 13.4. The lowest BCUT2D eigenvalue weighted by Crippen LogP contribution is -2.47. The van der Waals surface area contributed by atoms with Crippen molar-refractivity contribution in [1.29, 1.82) is 0 Å². The fourth-order valence-corrected chi connectivity index (χ4v) is 3.34. The summed E-state index contributed by atoms with van der Waals surface area (Å²) in [7, 11) is 4.00. The number of rotatable bonds is 3. The Hall–Kier alpha value is -2.77. The second-order valence-corrected chi connectivity index (χ2v) is 6.14. The van der Waals surface area contributed by atoms with E-state index in [1.807, 2.05) is 25.4 Å². The van der Waals surface area contributed by atoms with Crippen molar-refractivity contribution in [1.82, 2.24) is 29.9 Å². The van der Waals surface area contributed by atoms with Gasteiger partial charge in [0.1, 0.15) is 12.1 Å². The third-order valence-electron chi connectivity index (χ3n) is 4.67. The first kappa shape index (κ1) is 14.8. The molecular weight excluding hydrogens is 304 g/mol. The van der Waals surface area contributed by atoms with Crippen LogP contribution in [0.15, 0.2) is 30.9 Å². The van der Waals surface area contributed by atoms with Crippen molar-refractivity contribution in [3.63, 3.8) is 0 Å². The Bertz CT molecular complexity index is 830. The molecule has 1 saturated heterocycles. The normalized spacial score (nSPS) is 18.1. The molecule has 8 heteroatoms. The van der Waals surface area contributed by atoms with Crippen molar-refractivity contribution in [3.05, 3.63) is 30.9 Å². The summed E-state index contributed by atoms with van der Waals surface area (Å²) in [6, 6.07) is 4.30. The Morgan fingerprint density at radius 3 is 3.04 bits per heavy atom. The molecule has 0 bridgehead atoms. The van der Waals surface area contributed by atoms with Crippen LogP contribution < -0.4 is 9.80 Å². The average Bonchev–Trinajstić information content (AvgIpc) is 3.03. The molecule has 8 nitrogen and oxygen atoms in total. The van der Waals surface area contributed by atoms with Gasteiger partial charge in [-0.3, -0.25) is 4.68 Å². The van der Waals surface area contributed by atoms with Gasteiger partial charge in [0.25, 0.3) is 0 Å². The summed E-state index contributed by atoms with van der Waals surface area (Å²) >= 11 is 0. The van der Waals surface area contributed by atoms with Gasteiger partial charge in [0.2, 0.25) is 0 Å². The summed E-state index contributed by atoms with van der Waals surface area (Å²) in [5, 5.41) is 13.5. The summed E-state index contributed by atoms with van der Waals surface area (Å²) in [5.74, 6) is 1.86. The second-order valence-electron chi connectivity index (χ2n) is 6.14. The van der Waals surface area contributed by atoms with Crippen LogP contribution in [0, 0.1) is 0 Å². The van der Waals surface area contributed by atoms with Crippen molar-refractivity contribution in [2.75, 3.05) is 29.9 Å². The van der Waals surface area contributed by atoms with Crippen molar-refractivity contribution >= 4 is 22.7 Å². The lowest BCUT2D eigenvalue weighted by molar-refractivity contribution is 0.483. The maximum Gasteiger partial charge on any atom is 0.163 e. The molecule has 3 aromatic heterocycles. The molecule has 4 rings (SSSR count). The van der Waals surface area contributed by atoms with Crippen LogP contribution in [-0.4, -0.2) is 56.1 Å². The topological polar surface area (TPSA) is 75.9 Å². The summed E-state index contributed by atoms with van der Waals surface area (Å²) in [5.41, 5.74) is 0.855. The molecule has 3 aromatic rings. The maximum absolute atomic E-state index is 4.51. The Balaban J connectivity index is 1.60. The molecule has 1 aliphatic rings. The minimum atomic E-state index is 0.360. The van der Waals surface area contributed by atoms with Crippen molar-refractivity contribution in [2.24, 2.45) is 7.05 Å². The number of piperidine rings is 1. The molecular formula is C16H20N8. The van der Waals surface area contributed by atoms with Gasteiger partial charge < -0.3 is 9.80 Å². The van der Waals surface area contributed by atoms with Crippen LogP contribution in [0.3, 0.4) is 0 Å². The van der Waals surface area contributed by atoms with E-state index in [4.69, 9.17) is 0 Å². The molecule has 0 radical (unpaired) electrons. The number of fused-ring (bicyclic) bond motifs is 1. The molecule has 24 heavy (non-hydrogen) atoms. The van der Waals surface area contributed by atoms with E-state index in [2.05, 4.69) is 42.1 Å². The highest BCUT2D eigenvalue weighted by Gasteiger charge is 2.26. The number of hydrogen-bond acceptors (Lipinski definition) is 7. The smallest absolute Gasteiger partial charge is 0.163 e. The van der Waals surface area contributed by atoms with Gasteiger partial charge in [0.15, 0.2) is 11.5 Å². The Morgan fingerprint density at radius 2 is 2.21 bits per heavy atom. The van der Waals surface area contributed by atoms with Crippen molar-refractivity contribution in [2.45, 2.75) is 18.9 Å². The quantitative estimate of drug-likeness (QED) is 0.718. The number of nitrogens with zero attached hydrogens (tertiary/aromatic N) is 8. The summed E-state index contributed by atoms with van der Waals surface area (Å²) < 4.78 is 1.78. The van der Waals surface area contributed by atoms with Gasteiger partial charge in [-0.05, 0) is 25.0 Å². The van der Waals surface area contributed by atoms with E-state index in [1.54, 1.807) is 17.2 Å². The Kier molecular flexibility index (Phi) is 3.72. The number of aromatic nitrogens is 6. The molecule has 0 aromatic carbocycles. The lowest BCUT2D eigenvalue weighted by Gasteiger charge is -2.38. The first-order chi connectivity index (χ1) is 11.7. The highest BCUT2D eigenvalue weighted by molar-refractivity contribution is 5.86. The molecule has 0 N–H and O–H groups in total. The van der Waals surface area contributed by atoms with Gasteiger partial charge in [0.05, 0.1) is 11.6 Å². The largest absolute Gasteiger partial charge is 0.354 e. The molecule has 124 valence electrons. The molecule has 0 saturated carbocycles. The van der Waals surface area contributed by atoms with Gasteiger partial charge in [-0.15, -0.1) is 5.10 Å². The van der Waals surface area contributed by atoms with E-state index in [9.17, 15) is 0 Å². The first-order valence-corrected chi connectivity index (χ1v) is 8.12. The fourth-order valence-electron chi connectivity index (χ4n) is 3.34. The molecule has 4 heterocycles. The van der Waals surface area contributed by atoms with E-state index < -0.39 is 0 Å². The van der Waals surface area contributed by atoms with E-state index >= 15 is 0 Å². The third-order valence-corrected chi connectivity index (χ3v) is 4.67. The molecule has 1 fully saturated rings. The summed E-state index contributed by atoms with van der Waals surface area (Å²) in [6.07, 6.45) is 7.40. The average molecular weight is 324 g/mol. The van der Waals surface area contributed by atoms with Crippen LogP contribution in [0.1, 0.15) is 12.8 Å². The second kappa shape index (κ2) is 6.03. The maximum atomic E-state index is 4.51. The lowest BCUT2D eigenvalue weighted by atomic mass is 10.0. The zero-order chi connectivity index (χ0) is 16.5. The van der Waals surface area contributed by atoms with Crippen LogP contribution in [0.5, 0.6) is 0 Å². The van der Waals surface area contributed by atoms with Crippen molar-refractivity contribution in [3.8, 4) is 0 Å². The first-order valence-electron chi connectivity index (χ1n) is 8.12. The predicted molar refractivity (Wildman–Crippen MR) is 92.0 cm³/mol. The zero-order valence-electron chi connectivity index (χ0n) is 13.9. The predicted octanol–water partition coefficient (Wildman–Crippen LogP) is 1.26. The van der Waals surface area contributed by atoms with E-state index in [1.165, 1.54) is 0 Å². The number of likely N-dealkylation sites (N-methyl/N-ethyl adjacent to an activating group) is 1. The third kappa shape index (κ3) is 2.53. The number of anilines is 2. The fraction of sp³-hybridized carbons (Fsp3) is 0.438. The Morgan fingerprint density at radius 1 is 1.29 bits per heavy atom. The monoisotopic (exact) mass is 324 g/mol. The molecule has 1 atom stereocenters. The van der Waals surface area contributed by atoms with Crippen LogP contribution in [0.2, 0.25) is 0 Å². The van der Waals surface area contributed by atoms with E-state index in [0.29, 0.717) is 6.04 Å². The number of aryl methyl sites for hydroxylation is 1. The standard InChI is InChI=1S/C16H20N8/c1-22(15-13-9-20-23(2)16(13)18-11-17-15)12-5-4-8-24(10-12)14-6-3-7-19-21-14/h3,6-7,9,11-12H,4-5,8,10H2,1-2H3/t12-/m1/s1. The van der Waals surface area contributed by atoms with Crippen molar-refractivity contribution < 1.29 is 0 Å². The zero-order valence-corrected chi connectivity index (χ0v) is 13.9. The van der Waals surface area contributed by atoms with Gasteiger partial charge >= 0.3 is 0 Å². The van der Waals surface area contributed by atoms with Crippen LogP contribution in [0.25, 0.3) is 11.0 Å². The Labute approximate surface area is 140 Å². The SMILES string of the molecule is CN(c1ncnc2c1cnn2C)[C@@H]1CCCN(c2cccnn2)C1. The van der Waals surface area contributed by atoms with Gasteiger partial charge in [-0.25, -0.2) is 9.97 Å². The van der Waals surface area contributed by atoms with Crippen LogP contribution in [0.4, 0.5) is 11.6 Å². The van der Waals surface area contributed by atoms with E-state index in [0.717, 1.165) is 48.6 Å².